The van der Waals surface area contributed by atoms with Crippen LogP contribution in [0.25, 0.3) is 0 Å². The molecule has 140 valence electrons. The minimum atomic E-state index is -0.0832. The molecule has 1 aromatic heterocycles. The Morgan fingerprint density at radius 2 is 2.00 bits per heavy atom. The summed E-state index contributed by atoms with van der Waals surface area (Å²) in [6, 6.07) is 1.73. The predicted molar refractivity (Wildman–Crippen MR) is 98.2 cm³/mol. The summed E-state index contributed by atoms with van der Waals surface area (Å²) in [4.78, 5) is 25.9. The van der Waals surface area contributed by atoms with Crippen molar-refractivity contribution in [3.8, 4) is 0 Å². The highest BCUT2D eigenvalue weighted by Gasteiger charge is 2.15. The van der Waals surface area contributed by atoms with Crippen LogP contribution in [-0.2, 0) is 16.1 Å². The van der Waals surface area contributed by atoms with E-state index in [1.54, 1.807) is 16.9 Å². The fourth-order valence-electron chi connectivity index (χ4n) is 3.15. The lowest BCUT2D eigenvalue weighted by Gasteiger charge is -2.20. The highest BCUT2D eigenvalue weighted by molar-refractivity contribution is 5.89. The molecule has 0 aromatic carbocycles. The maximum atomic E-state index is 12.0. The number of anilines is 1. The quantitative estimate of drug-likeness (QED) is 0.713. The van der Waals surface area contributed by atoms with E-state index < -0.39 is 0 Å². The van der Waals surface area contributed by atoms with Crippen molar-refractivity contribution in [1.82, 2.24) is 20.0 Å². The van der Waals surface area contributed by atoms with Gasteiger partial charge in [-0.1, -0.05) is 32.1 Å². The van der Waals surface area contributed by atoms with Crippen LogP contribution < -0.4 is 10.6 Å². The molecular formula is C18H31N5O2. The number of carbonyl (C=O) groups is 2. The van der Waals surface area contributed by atoms with Gasteiger partial charge in [0.25, 0.3) is 0 Å². The van der Waals surface area contributed by atoms with Crippen LogP contribution in [0.1, 0.15) is 44.9 Å². The summed E-state index contributed by atoms with van der Waals surface area (Å²) < 4.78 is 1.54. The molecule has 0 unspecified atom stereocenters. The predicted octanol–water partition coefficient (Wildman–Crippen LogP) is 1.86. The van der Waals surface area contributed by atoms with E-state index in [4.69, 9.17) is 0 Å². The van der Waals surface area contributed by atoms with Crippen molar-refractivity contribution in [1.29, 1.82) is 0 Å². The number of rotatable bonds is 9. The summed E-state index contributed by atoms with van der Waals surface area (Å²) in [7, 11) is 3.92. The van der Waals surface area contributed by atoms with Crippen LogP contribution in [0.2, 0.25) is 0 Å². The lowest BCUT2D eigenvalue weighted by atomic mass is 9.86. The van der Waals surface area contributed by atoms with E-state index in [1.807, 2.05) is 19.0 Å². The van der Waals surface area contributed by atoms with Gasteiger partial charge in [-0.15, -0.1) is 0 Å². The second-order valence-corrected chi connectivity index (χ2v) is 7.14. The fourth-order valence-corrected chi connectivity index (χ4v) is 3.15. The smallest absolute Gasteiger partial charge is 0.241 e. The molecule has 0 spiro atoms. The Hall–Kier alpha value is -1.89. The molecule has 1 heterocycles. The molecule has 1 fully saturated rings. The minimum Gasteiger partial charge on any atom is -0.353 e. The third-order valence-corrected chi connectivity index (χ3v) is 4.60. The monoisotopic (exact) mass is 349 g/mol. The Bertz CT molecular complexity index is 549. The molecule has 1 aromatic rings. The van der Waals surface area contributed by atoms with Gasteiger partial charge in [0.05, 0.1) is 0 Å². The second-order valence-electron chi connectivity index (χ2n) is 7.14. The Balaban J connectivity index is 1.67. The first-order valence-corrected chi connectivity index (χ1v) is 9.27. The summed E-state index contributed by atoms with van der Waals surface area (Å²) in [6.45, 7) is 1.57. The molecule has 2 N–H and O–H groups in total. The Kier molecular flexibility index (Phi) is 7.91. The van der Waals surface area contributed by atoms with Crippen molar-refractivity contribution in [3.63, 3.8) is 0 Å². The maximum Gasteiger partial charge on any atom is 0.241 e. The number of nitrogens with zero attached hydrogens (tertiary/aromatic N) is 3. The number of hydrogen-bond acceptors (Lipinski definition) is 4. The van der Waals surface area contributed by atoms with E-state index in [9.17, 15) is 9.59 Å². The normalized spacial score (nSPS) is 15.3. The van der Waals surface area contributed by atoms with Gasteiger partial charge in [0, 0.05) is 31.8 Å². The first-order chi connectivity index (χ1) is 12.0. The number of carbonyl (C=O) groups excluding carboxylic acids is 2. The van der Waals surface area contributed by atoms with Crippen molar-refractivity contribution in [3.05, 3.63) is 12.3 Å². The van der Waals surface area contributed by atoms with Gasteiger partial charge < -0.3 is 15.5 Å². The molecule has 0 saturated heterocycles. The van der Waals surface area contributed by atoms with E-state index in [2.05, 4.69) is 15.7 Å². The first-order valence-electron chi connectivity index (χ1n) is 9.27. The van der Waals surface area contributed by atoms with Crippen LogP contribution in [0.15, 0.2) is 12.3 Å². The van der Waals surface area contributed by atoms with Gasteiger partial charge in [0.1, 0.15) is 6.54 Å². The van der Waals surface area contributed by atoms with Crippen molar-refractivity contribution < 1.29 is 9.59 Å². The standard InChI is InChI=1S/C18H31N5O2/c1-22(2)13-11-19-18(25)14-23-12-10-16(21-23)20-17(24)9-8-15-6-4-3-5-7-15/h10,12,15H,3-9,11,13-14H2,1-2H3,(H,19,25)(H,20,21,24). The van der Waals surface area contributed by atoms with Crippen LogP contribution >= 0.6 is 0 Å². The van der Waals surface area contributed by atoms with E-state index in [0.29, 0.717) is 24.7 Å². The summed E-state index contributed by atoms with van der Waals surface area (Å²) >= 11 is 0. The molecule has 2 amide bonds. The Morgan fingerprint density at radius 1 is 1.24 bits per heavy atom. The van der Waals surface area contributed by atoms with Gasteiger partial charge in [-0.3, -0.25) is 14.3 Å². The highest BCUT2D eigenvalue weighted by Crippen LogP contribution is 2.27. The molecule has 0 bridgehead atoms. The summed E-state index contributed by atoms with van der Waals surface area (Å²) in [5.41, 5.74) is 0. The van der Waals surface area contributed by atoms with Gasteiger partial charge >= 0.3 is 0 Å². The average molecular weight is 349 g/mol. The number of hydrogen-bond donors (Lipinski definition) is 2. The third-order valence-electron chi connectivity index (χ3n) is 4.60. The van der Waals surface area contributed by atoms with Gasteiger partial charge in [-0.2, -0.15) is 5.10 Å². The van der Waals surface area contributed by atoms with Crippen molar-refractivity contribution >= 4 is 17.6 Å². The van der Waals surface area contributed by atoms with Crippen molar-refractivity contribution in [2.45, 2.75) is 51.5 Å². The Morgan fingerprint density at radius 3 is 2.72 bits per heavy atom. The van der Waals surface area contributed by atoms with E-state index in [0.717, 1.165) is 13.0 Å². The average Bonchev–Trinajstić information content (AvgIpc) is 3.00. The molecule has 7 heteroatoms. The molecule has 1 saturated carbocycles. The molecule has 25 heavy (non-hydrogen) atoms. The number of aromatic nitrogens is 2. The fraction of sp³-hybridized carbons (Fsp3) is 0.722. The van der Waals surface area contributed by atoms with E-state index in [-0.39, 0.29) is 18.4 Å². The molecule has 0 atom stereocenters. The van der Waals surface area contributed by atoms with Crippen LogP contribution in [0, 0.1) is 5.92 Å². The lowest BCUT2D eigenvalue weighted by Crippen LogP contribution is -2.33. The second kappa shape index (κ2) is 10.2. The number of amides is 2. The maximum absolute atomic E-state index is 12.0. The van der Waals surface area contributed by atoms with Crippen molar-refractivity contribution in [2.24, 2.45) is 5.92 Å². The molecule has 1 aliphatic carbocycles. The van der Waals surface area contributed by atoms with Crippen molar-refractivity contribution in [2.75, 3.05) is 32.5 Å². The molecule has 0 aliphatic heterocycles. The zero-order chi connectivity index (χ0) is 18.1. The lowest BCUT2D eigenvalue weighted by molar-refractivity contribution is -0.121. The Labute approximate surface area is 150 Å². The zero-order valence-corrected chi connectivity index (χ0v) is 15.5. The molecule has 7 nitrogen and oxygen atoms in total. The largest absolute Gasteiger partial charge is 0.353 e. The van der Waals surface area contributed by atoms with E-state index >= 15 is 0 Å². The van der Waals surface area contributed by atoms with E-state index in [1.165, 1.54) is 32.1 Å². The summed E-state index contributed by atoms with van der Waals surface area (Å²) in [5.74, 6) is 1.13. The molecular weight excluding hydrogens is 318 g/mol. The van der Waals surface area contributed by atoms with Crippen LogP contribution in [0.5, 0.6) is 0 Å². The van der Waals surface area contributed by atoms with Gasteiger partial charge in [0.2, 0.25) is 11.8 Å². The molecule has 2 rings (SSSR count). The topological polar surface area (TPSA) is 79.3 Å². The van der Waals surface area contributed by atoms with Crippen LogP contribution in [-0.4, -0.2) is 53.7 Å². The van der Waals surface area contributed by atoms with Gasteiger partial charge in [0.15, 0.2) is 5.82 Å². The van der Waals surface area contributed by atoms with Crippen LogP contribution in [0.4, 0.5) is 5.82 Å². The zero-order valence-electron chi connectivity index (χ0n) is 15.5. The van der Waals surface area contributed by atoms with Crippen LogP contribution in [0.3, 0.4) is 0 Å². The number of nitrogens with one attached hydrogen (secondary N) is 2. The number of likely N-dealkylation sites (N-methyl/N-ethyl adjacent to an activating group) is 1. The SMILES string of the molecule is CN(C)CCNC(=O)Cn1ccc(NC(=O)CCC2CCCCC2)n1. The summed E-state index contributed by atoms with van der Waals surface area (Å²) in [5, 5.41) is 9.91. The summed E-state index contributed by atoms with van der Waals surface area (Å²) in [6.07, 6.45) is 9.66. The van der Waals surface area contributed by atoms with Gasteiger partial charge in [-0.05, 0) is 26.4 Å². The molecule has 1 aliphatic rings. The third kappa shape index (κ3) is 7.69. The molecule has 0 radical (unpaired) electrons. The minimum absolute atomic E-state index is 0.00579. The van der Waals surface area contributed by atoms with Gasteiger partial charge in [-0.25, -0.2) is 0 Å². The highest BCUT2D eigenvalue weighted by atomic mass is 16.2. The first kappa shape index (κ1) is 19.4.